The molecule has 25 heavy (non-hydrogen) atoms. The molecule has 0 radical (unpaired) electrons. The molecule has 1 aliphatic heterocycles. The first-order valence-electron chi connectivity index (χ1n) is 8.48. The molecule has 1 saturated heterocycles. The summed E-state index contributed by atoms with van der Waals surface area (Å²) in [7, 11) is 0. The number of aromatic nitrogens is 1. The number of para-hydroxylation sites is 1. The molecule has 1 fully saturated rings. The summed E-state index contributed by atoms with van der Waals surface area (Å²) in [5.41, 5.74) is 2.17. The van der Waals surface area contributed by atoms with Crippen LogP contribution in [0.2, 0.25) is 0 Å². The summed E-state index contributed by atoms with van der Waals surface area (Å²) in [6, 6.07) is 11.7. The molecule has 2 aromatic rings. The number of carboxylic acids is 1. The summed E-state index contributed by atoms with van der Waals surface area (Å²) < 4.78 is 5.59. The number of ether oxygens (including phenoxy) is 1. The van der Waals surface area contributed by atoms with Crippen molar-refractivity contribution in [3.63, 3.8) is 0 Å². The van der Waals surface area contributed by atoms with Crippen LogP contribution in [0.3, 0.4) is 0 Å². The van der Waals surface area contributed by atoms with Crippen LogP contribution in [0.1, 0.15) is 12.5 Å². The van der Waals surface area contributed by atoms with Gasteiger partial charge < -0.3 is 14.7 Å². The van der Waals surface area contributed by atoms with Gasteiger partial charge in [-0.15, -0.1) is 0 Å². The number of hydrogen-bond donors (Lipinski definition) is 1. The molecule has 2 heterocycles. The van der Waals surface area contributed by atoms with E-state index < -0.39 is 12.1 Å². The zero-order valence-electron chi connectivity index (χ0n) is 14.3. The molecule has 1 N–H and O–H groups in total. The molecule has 132 valence electrons. The third-order valence-electron chi connectivity index (χ3n) is 4.40. The predicted molar refractivity (Wildman–Crippen MR) is 95.9 cm³/mol. The highest BCUT2D eigenvalue weighted by molar-refractivity contribution is 5.72. The number of pyridine rings is 1. The maximum Gasteiger partial charge on any atom is 0.344 e. The fourth-order valence-corrected chi connectivity index (χ4v) is 2.94. The van der Waals surface area contributed by atoms with Gasteiger partial charge in [0.15, 0.2) is 6.10 Å². The largest absolute Gasteiger partial charge is 0.479 e. The lowest BCUT2D eigenvalue weighted by Crippen LogP contribution is -2.46. The summed E-state index contributed by atoms with van der Waals surface area (Å²) in [6.07, 6.45) is 2.82. The zero-order chi connectivity index (χ0) is 17.6. The Morgan fingerprint density at radius 2 is 1.96 bits per heavy atom. The van der Waals surface area contributed by atoms with Crippen molar-refractivity contribution in [3.8, 4) is 5.75 Å². The molecule has 0 saturated carbocycles. The Kier molecular flexibility index (Phi) is 5.50. The van der Waals surface area contributed by atoms with Crippen molar-refractivity contribution < 1.29 is 14.6 Å². The third kappa shape index (κ3) is 4.48. The van der Waals surface area contributed by atoms with Crippen molar-refractivity contribution in [2.45, 2.75) is 19.6 Å². The zero-order valence-corrected chi connectivity index (χ0v) is 14.3. The summed E-state index contributed by atoms with van der Waals surface area (Å²) in [4.78, 5) is 19.9. The van der Waals surface area contributed by atoms with E-state index in [1.165, 1.54) is 0 Å². The Bertz CT molecular complexity index is 700. The highest BCUT2D eigenvalue weighted by Gasteiger charge is 2.20. The molecule has 0 bridgehead atoms. The number of carboxylic acid groups (broad SMARTS) is 1. The average molecular weight is 341 g/mol. The maximum atomic E-state index is 11.0. The summed E-state index contributed by atoms with van der Waals surface area (Å²) >= 11 is 0. The van der Waals surface area contributed by atoms with Crippen LogP contribution in [0.25, 0.3) is 0 Å². The van der Waals surface area contributed by atoms with Crippen molar-refractivity contribution in [2.24, 2.45) is 0 Å². The van der Waals surface area contributed by atoms with Crippen molar-refractivity contribution in [1.29, 1.82) is 0 Å². The maximum absolute atomic E-state index is 11.0. The fourth-order valence-electron chi connectivity index (χ4n) is 2.94. The highest BCUT2D eigenvalue weighted by Crippen LogP contribution is 2.22. The number of nitrogens with zero attached hydrogens (tertiary/aromatic N) is 3. The monoisotopic (exact) mass is 341 g/mol. The van der Waals surface area contributed by atoms with E-state index in [-0.39, 0.29) is 0 Å². The number of anilines is 1. The Labute approximate surface area is 147 Å². The Morgan fingerprint density at radius 3 is 2.64 bits per heavy atom. The van der Waals surface area contributed by atoms with E-state index in [2.05, 4.69) is 20.9 Å². The molecule has 1 aliphatic rings. The van der Waals surface area contributed by atoms with E-state index in [1.807, 2.05) is 36.5 Å². The van der Waals surface area contributed by atoms with Gasteiger partial charge in [0.2, 0.25) is 0 Å². The van der Waals surface area contributed by atoms with Gasteiger partial charge in [-0.1, -0.05) is 18.2 Å². The molecule has 1 aromatic carbocycles. The lowest BCUT2D eigenvalue weighted by Gasteiger charge is -2.36. The van der Waals surface area contributed by atoms with Crippen LogP contribution in [0.5, 0.6) is 5.75 Å². The van der Waals surface area contributed by atoms with Crippen molar-refractivity contribution in [1.82, 2.24) is 9.88 Å². The quantitative estimate of drug-likeness (QED) is 0.869. The van der Waals surface area contributed by atoms with E-state index in [0.717, 1.165) is 44.0 Å². The Hall–Kier alpha value is -2.60. The average Bonchev–Trinajstić information content (AvgIpc) is 2.64. The smallest absolute Gasteiger partial charge is 0.344 e. The van der Waals surface area contributed by atoms with Crippen LogP contribution in [-0.4, -0.2) is 53.2 Å². The van der Waals surface area contributed by atoms with E-state index in [1.54, 1.807) is 13.1 Å². The topological polar surface area (TPSA) is 65.9 Å². The molecule has 6 nitrogen and oxygen atoms in total. The number of rotatable bonds is 6. The lowest BCUT2D eigenvalue weighted by atomic mass is 10.1. The number of piperazine rings is 1. The van der Waals surface area contributed by atoms with Crippen molar-refractivity contribution in [2.75, 3.05) is 31.1 Å². The first-order valence-corrected chi connectivity index (χ1v) is 8.48. The van der Waals surface area contributed by atoms with Gasteiger partial charge in [-0.2, -0.15) is 0 Å². The molecule has 6 heteroatoms. The van der Waals surface area contributed by atoms with Crippen LogP contribution < -0.4 is 9.64 Å². The molecule has 1 atom stereocenters. The van der Waals surface area contributed by atoms with Gasteiger partial charge >= 0.3 is 5.97 Å². The van der Waals surface area contributed by atoms with Crippen LogP contribution in [0.15, 0.2) is 48.8 Å². The molecule has 3 rings (SSSR count). The van der Waals surface area contributed by atoms with Gasteiger partial charge in [0.25, 0.3) is 0 Å². The second-order valence-corrected chi connectivity index (χ2v) is 6.18. The van der Waals surface area contributed by atoms with Crippen molar-refractivity contribution in [3.05, 3.63) is 54.4 Å². The van der Waals surface area contributed by atoms with Crippen LogP contribution in [0.4, 0.5) is 5.69 Å². The first-order chi connectivity index (χ1) is 12.1. The summed E-state index contributed by atoms with van der Waals surface area (Å²) in [5.74, 6) is -0.313. The first kappa shape index (κ1) is 17.2. The molecule has 0 spiro atoms. The highest BCUT2D eigenvalue weighted by atomic mass is 16.5. The van der Waals surface area contributed by atoms with E-state index in [0.29, 0.717) is 5.75 Å². The van der Waals surface area contributed by atoms with Crippen LogP contribution >= 0.6 is 0 Å². The van der Waals surface area contributed by atoms with Gasteiger partial charge in [-0.25, -0.2) is 4.79 Å². The van der Waals surface area contributed by atoms with Crippen molar-refractivity contribution >= 4 is 11.7 Å². The van der Waals surface area contributed by atoms with Gasteiger partial charge in [-0.3, -0.25) is 9.88 Å². The van der Waals surface area contributed by atoms with Gasteiger partial charge in [0.1, 0.15) is 5.75 Å². The molecular formula is C19H23N3O3. The second-order valence-electron chi connectivity index (χ2n) is 6.18. The minimum absolute atomic E-state index is 0.645. The van der Waals surface area contributed by atoms with Crippen LogP contribution in [-0.2, 0) is 11.3 Å². The van der Waals surface area contributed by atoms with E-state index in [9.17, 15) is 4.79 Å². The number of aliphatic carboxylic acids is 1. The minimum atomic E-state index is -0.958. The SMILES string of the molecule is C[C@H](Oc1ccccc1CN1CCN(c2cccnc2)CC1)C(=O)O. The summed E-state index contributed by atoms with van der Waals surface area (Å²) in [6.45, 7) is 6.07. The lowest BCUT2D eigenvalue weighted by molar-refractivity contribution is -0.144. The molecule has 1 aromatic heterocycles. The standard InChI is InChI=1S/C19H23N3O3/c1-15(19(23)24)25-18-7-3-2-5-16(18)14-21-9-11-22(12-10-21)17-6-4-8-20-13-17/h2-8,13,15H,9-12,14H2,1H3,(H,23,24)/t15-/m0/s1. The molecule has 0 amide bonds. The molecule has 0 unspecified atom stereocenters. The van der Waals surface area contributed by atoms with E-state index in [4.69, 9.17) is 9.84 Å². The summed E-state index contributed by atoms with van der Waals surface area (Å²) in [5, 5.41) is 9.05. The number of carbonyl (C=O) groups is 1. The number of hydrogen-bond acceptors (Lipinski definition) is 5. The second kappa shape index (κ2) is 7.98. The fraction of sp³-hybridized carbons (Fsp3) is 0.368. The van der Waals surface area contributed by atoms with Gasteiger partial charge in [-0.05, 0) is 25.1 Å². The Morgan fingerprint density at radius 1 is 1.20 bits per heavy atom. The number of benzene rings is 1. The van der Waals surface area contributed by atoms with Crippen LogP contribution in [0, 0.1) is 0 Å². The van der Waals surface area contributed by atoms with Gasteiger partial charge in [0, 0.05) is 44.5 Å². The van der Waals surface area contributed by atoms with E-state index >= 15 is 0 Å². The normalized spacial score (nSPS) is 16.4. The van der Waals surface area contributed by atoms with Gasteiger partial charge in [0.05, 0.1) is 11.9 Å². The predicted octanol–water partition coefficient (Wildman–Crippen LogP) is 2.26. The Balaban J connectivity index is 1.60. The minimum Gasteiger partial charge on any atom is -0.479 e. The third-order valence-corrected chi connectivity index (χ3v) is 4.40. The molecular weight excluding hydrogens is 318 g/mol. The molecule has 0 aliphatic carbocycles.